The molecule has 0 aliphatic carbocycles. The molecule has 0 radical (unpaired) electrons. The molecular weight excluding hydrogens is 230 g/mol. The van der Waals surface area contributed by atoms with Gasteiger partial charge in [0.25, 0.3) is 0 Å². The fourth-order valence-electron chi connectivity index (χ4n) is 1.91. The van der Waals surface area contributed by atoms with Crippen molar-refractivity contribution in [3.05, 3.63) is 29.3 Å². The molecule has 1 aromatic rings. The van der Waals surface area contributed by atoms with E-state index in [0.29, 0.717) is 13.2 Å². The fourth-order valence-corrected chi connectivity index (χ4v) is 1.91. The summed E-state index contributed by atoms with van der Waals surface area (Å²) in [5.41, 5.74) is 3.15. The quantitative estimate of drug-likeness (QED) is 0.764. The van der Waals surface area contributed by atoms with Gasteiger partial charge in [0.05, 0.1) is 19.8 Å². The minimum absolute atomic E-state index is 0.0491. The summed E-state index contributed by atoms with van der Waals surface area (Å²) < 4.78 is 10.3. The number of aliphatic hydroxyl groups excluding tert-OH is 1. The molecule has 0 bridgehead atoms. The SMILES string of the molecule is COCCN(CCOC)c1ccc(C)cc1CO. The Morgan fingerprint density at radius 2 is 1.72 bits per heavy atom. The number of aliphatic hydroxyl groups is 1. The van der Waals surface area contributed by atoms with Crippen LogP contribution < -0.4 is 4.90 Å². The van der Waals surface area contributed by atoms with Crippen LogP contribution in [0.2, 0.25) is 0 Å². The first kappa shape index (κ1) is 15.0. The first-order chi connectivity index (χ1) is 8.72. The van der Waals surface area contributed by atoms with Gasteiger partial charge in [0.2, 0.25) is 0 Å². The molecule has 0 aromatic heterocycles. The van der Waals surface area contributed by atoms with Crippen molar-refractivity contribution in [1.82, 2.24) is 0 Å². The topological polar surface area (TPSA) is 41.9 Å². The summed E-state index contributed by atoms with van der Waals surface area (Å²) >= 11 is 0. The van der Waals surface area contributed by atoms with Gasteiger partial charge in [-0.05, 0) is 13.0 Å². The zero-order valence-corrected chi connectivity index (χ0v) is 11.5. The smallest absolute Gasteiger partial charge is 0.0702 e. The Morgan fingerprint density at radius 3 is 2.22 bits per heavy atom. The zero-order valence-electron chi connectivity index (χ0n) is 11.5. The summed E-state index contributed by atoms with van der Waals surface area (Å²) in [6, 6.07) is 6.12. The third-order valence-electron chi connectivity index (χ3n) is 2.88. The number of aryl methyl sites for hydroxylation is 1. The Kier molecular flexibility index (Phi) is 6.72. The third-order valence-corrected chi connectivity index (χ3v) is 2.88. The number of hydrogen-bond acceptors (Lipinski definition) is 4. The predicted molar refractivity (Wildman–Crippen MR) is 73.1 cm³/mol. The second-order valence-electron chi connectivity index (χ2n) is 4.26. The van der Waals surface area contributed by atoms with Crippen molar-refractivity contribution in [1.29, 1.82) is 0 Å². The molecule has 0 atom stereocenters. The largest absolute Gasteiger partial charge is 0.392 e. The molecule has 1 aromatic carbocycles. The lowest BCUT2D eigenvalue weighted by Gasteiger charge is -2.26. The Labute approximate surface area is 109 Å². The molecule has 1 rings (SSSR count). The number of methoxy groups -OCH3 is 2. The van der Waals surface area contributed by atoms with E-state index in [1.807, 2.05) is 19.1 Å². The van der Waals surface area contributed by atoms with Crippen molar-refractivity contribution in [2.75, 3.05) is 45.4 Å². The molecular formula is C14H23NO3. The van der Waals surface area contributed by atoms with E-state index in [9.17, 15) is 5.11 Å². The fraction of sp³-hybridized carbons (Fsp3) is 0.571. The van der Waals surface area contributed by atoms with Gasteiger partial charge in [-0.15, -0.1) is 0 Å². The number of benzene rings is 1. The minimum atomic E-state index is 0.0491. The standard InChI is InChI=1S/C14H23NO3/c1-12-4-5-14(13(10-12)11-16)15(6-8-17-2)7-9-18-3/h4-5,10,16H,6-9,11H2,1-3H3. The highest BCUT2D eigenvalue weighted by Gasteiger charge is 2.10. The van der Waals surface area contributed by atoms with E-state index in [-0.39, 0.29) is 6.61 Å². The molecule has 0 amide bonds. The number of hydrogen-bond donors (Lipinski definition) is 1. The van der Waals surface area contributed by atoms with Crippen molar-refractivity contribution in [2.45, 2.75) is 13.5 Å². The summed E-state index contributed by atoms with van der Waals surface area (Å²) in [6.07, 6.45) is 0. The first-order valence-electron chi connectivity index (χ1n) is 6.16. The van der Waals surface area contributed by atoms with Gasteiger partial charge in [0.15, 0.2) is 0 Å². The van der Waals surface area contributed by atoms with Crippen LogP contribution in [0.25, 0.3) is 0 Å². The molecule has 1 N–H and O–H groups in total. The van der Waals surface area contributed by atoms with Gasteiger partial charge in [-0.3, -0.25) is 0 Å². The maximum absolute atomic E-state index is 9.45. The lowest BCUT2D eigenvalue weighted by atomic mass is 10.1. The van der Waals surface area contributed by atoms with E-state index >= 15 is 0 Å². The lowest BCUT2D eigenvalue weighted by Crippen LogP contribution is -2.31. The molecule has 0 saturated carbocycles. The van der Waals surface area contributed by atoms with E-state index in [4.69, 9.17) is 9.47 Å². The van der Waals surface area contributed by atoms with Crippen molar-refractivity contribution in [3.63, 3.8) is 0 Å². The maximum Gasteiger partial charge on any atom is 0.0702 e. The van der Waals surface area contributed by atoms with Crippen LogP contribution >= 0.6 is 0 Å². The van der Waals surface area contributed by atoms with Crippen LogP contribution in [0.15, 0.2) is 18.2 Å². The highest BCUT2D eigenvalue weighted by Crippen LogP contribution is 2.22. The Balaban J connectivity index is 2.88. The van der Waals surface area contributed by atoms with E-state index in [1.54, 1.807) is 14.2 Å². The van der Waals surface area contributed by atoms with Crippen molar-refractivity contribution in [2.24, 2.45) is 0 Å². The normalized spacial score (nSPS) is 10.7. The summed E-state index contributed by atoms with van der Waals surface area (Å²) in [5.74, 6) is 0. The molecule has 102 valence electrons. The van der Waals surface area contributed by atoms with Crippen molar-refractivity contribution >= 4 is 5.69 Å². The summed E-state index contributed by atoms with van der Waals surface area (Å²) in [4.78, 5) is 2.18. The van der Waals surface area contributed by atoms with Gasteiger partial charge in [-0.1, -0.05) is 17.7 Å². The van der Waals surface area contributed by atoms with Gasteiger partial charge in [0.1, 0.15) is 0 Å². The van der Waals surface area contributed by atoms with Gasteiger partial charge in [0, 0.05) is 38.6 Å². The summed E-state index contributed by atoms with van der Waals surface area (Å²) in [6.45, 7) is 4.96. The van der Waals surface area contributed by atoms with E-state index in [1.165, 1.54) is 0 Å². The van der Waals surface area contributed by atoms with Gasteiger partial charge >= 0.3 is 0 Å². The van der Waals surface area contributed by atoms with Gasteiger partial charge in [-0.25, -0.2) is 0 Å². The second-order valence-corrected chi connectivity index (χ2v) is 4.26. The van der Waals surface area contributed by atoms with Gasteiger partial charge in [-0.2, -0.15) is 0 Å². The molecule has 0 aliphatic rings. The van der Waals surface area contributed by atoms with Crippen molar-refractivity contribution < 1.29 is 14.6 Å². The average Bonchev–Trinajstić information content (AvgIpc) is 2.39. The maximum atomic E-state index is 9.45. The van der Waals surface area contributed by atoms with Crippen LogP contribution in [0.3, 0.4) is 0 Å². The molecule has 4 heteroatoms. The molecule has 18 heavy (non-hydrogen) atoms. The molecule has 0 fully saturated rings. The third kappa shape index (κ3) is 4.29. The molecule has 0 unspecified atom stereocenters. The highest BCUT2D eigenvalue weighted by molar-refractivity contribution is 5.54. The zero-order chi connectivity index (χ0) is 13.4. The minimum Gasteiger partial charge on any atom is -0.392 e. The van der Waals surface area contributed by atoms with Crippen LogP contribution in [0.1, 0.15) is 11.1 Å². The summed E-state index contributed by atoms with van der Waals surface area (Å²) in [7, 11) is 3.38. The predicted octanol–water partition coefficient (Wildman–Crippen LogP) is 1.59. The number of nitrogens with zero attached hydrogens (tertiary/aromatic N) is 1. The molecule has 4 nitrogen and oxygen atoms in total. The Morgan fingerprint density at radius 1 is 1.11 bits per heavy atom. The van der Waals surface area contributed by atoms with Crippen LogP contribution in [0.4, 0.5) is 5.69 Å². The molecule has 0 saturated heterocycles. The summed E-state index contributed by atoms with van der Waals surface area (Å²) in [5, 5.41) is 9.45. The van der Waals surface area contributed by atoms with E-state index < -0.39 is 0 Å². The van der Waals surface area contributed by atoms with Crippen LogP contribution in [-0.2, 0) is 16.1 Å². The Bertz CT molecular complexity index is 347. The monoisotopic (exact) mass is 253 g/mol. The molecule has 0 aliphatic heterocycles. The lowest BCUT2D eigenvalue weighted by molar-refractivity contribution is 0.190. The number of rotatable bonds is 8. The van der Waals surface area contributed by atoms with Crippen LogP contribution in [0, 0.1) is 6.92 Å². The first-order valence-corrected chi connectivity index (χ1v) is 6.16. The van der Waals surface area contributed by atoms with E-state index in [2.05, 4.69) is 11.0 Å². The molecule has 0 spiro atoms. The second kappa shape index (κ2) is 8.08. The van der Waals surface area contributed by atoms with Crippen molar-refractivity contribution in [3.8, 4) is 0 Å². The van der Waals surface area contributed by atoms with E-state index in [0.717, 1.165) is 29.9 Å². The average molecular weight is 253 g/mol. The van der Waals surface area contributed by atoms with Crippen LogP contribution in [-0.4, -0.2) is 45.6 Å². The highest BCUT2D eigenvalue weighted by atomic mass is 16.5. The molecule has 0 heterocycles. The number of ether oxygens (including phenoxy) is 2. The van der Waals surface area contributed by atoms with Crippen LogP contribution in [0.5, 0.6) is 0 Å². The number of anilines is 1. The Hall–Kier alpha value is -1.10. The van der Waals surface area contributed by atoms with Gasteiger partial charge < -0.3 is 19.5 Å².